The van der Waals surface area contributed by atoms with Crippen LogP contribution in [0.2, 0.25) is 0 Å². The second kappa shape index (κ2) is 8.05. The van der Waals surface area contributed by atoms with Crippen molar-refractivity contribution >= 4 is 12.2 Å². The molecule has 8 nitrogen and oxygen atoms in total. The Morgan fingerprint density at radius 3 is 2.03 bits per heavy atom. The summed E-state index contributed by atoms with van der Waals surface area (Å²) in [4.78, 5) is 29.6. The molecule has 0 radical (unpaired) electrons. The van der Waals surface area contributed by atoms with Crippen molar-refractivity contribution in [3.05, 3.63) is 0 Å². The van der Waals surface area contributed by atoms with Crippen molar-refractivity contribution in [2.75, 3.05) is 45.8 Å². The van der Waals surface area contributed by atoms with E-state index >= 15 is 0 Å². The topological polar surface area (TPSA) is 83.1 Å². The van der Waals surface area contributed by atoms with Gasteiger partial charge in [-0.2, -0.15) is 0 Å². The lowest BCUT2D eigenvalue weighted by atomic mass is 9.53. The van der Waals surface area contributed by atoms with Gasteiger partial charge in [0.05, 0.1) is 0 Å². The molecule has 0 aromatic heterocycles. The molecule has 4 rings (SSSR count). The molecule has 0 bridgehead atoms. The minimum absolute atomic E-state index is 0.0229. The molecular weight excluding hydrogens is 408 g/mol. The van der Waals surface area contributed by atoms with Crippen LogP contribution in [-0.4, -0.2) is 85.0 Å². The number of amides is 2. The highest BCUT2D eigenvalue weighted by Gasteiger charge is 2.64. The summed E-state index contributed by atoms with van der Waals surface area (Å²) in [6.07, 6.45) is 2.85. The summed E-state index contributed by atoms with van der Waals surface area (Å²) >= 11 is 0. The van der Waals surface area contributed by atoms with Crippen LogP contribution in [0.15, 0.2) is 0 Å². The van der Waals surface area contributed by atoms with Gasteiger partial charge in [0.15, 0.2) is 0 Å². The van der Waals surface area contributed by atoms with Crippen LogP contribution in [0, 0.1) is 16.7 Å². The van der Waals surface area contributed by atoms with E-state index in [1.807, 2.05) is 51.3 Å². The van der Waals surface area contributed by atoms with Gasteiger partial charge in [0.2, 0.25) is 0 Å². The molecule has 4 aliphatic rings. The molecule has 2 amide bonds. The molecule has 0 aromatic carbocycles. The fraction of sp³-hybridized carbons (Fsp3) is 0.917. The van der Waals surface area contributed by atoms with E-state index in [0.717, 1.165) is 52.0 Å². The first-order valence-electron chi connectivity index (χ1n) is 12.2. The van der Waals surface area contributed by atoms with Gasteiger partial charge in [-0.15, -0.1) is 0 Å². The average molecular weight is 451 g/mol. The highest BCUT2D eigenvalue weighted by molar-refractivity contribution is 5.71. The number of piperidine rings is 2. The van der Waals surface area contributed by atoms with Crippen LogP contribution < -0.4 is 10.6 Å². The first-order valence-corrected chi connectivity index (χ1v) is 12.2. The number of hydrogen-bond acceptors (Lipinski definition) is 6. The molecule has 4 heterocycles. The highest BCUT2D eigenvalue weighted by Crippen LogP contribution is 2.55. The molecule has 4 fully saturated rings. The average Bonchev–Trinajstić information content (AvgIpc) is 2.63. The third-order valence-corrected chi connectivity index (χ3v) is 7.52. The molecule has 3 unspecified atom stereocenters. The lowest BCUT2D eigenvalue weighted by Gasteiger charge is -2.67. The van der Waals surface area contributed by atoms with Crippen LogP contribution in [0.1, 0.15) is 60.8 Å². The number of carbonyl (C=O) groups is 2. The van der Waals surface area contributed by atoms with E-state index in [2.05, 4.69) is 10.6 Å². The van der Waals surface area contributed by atoms with Gasteiger partial charge in [-0.25, -0.2) is 9.59 Å². The third-order valence-electron chi connectivity index (χ3n) is 7.52. The first kappa shape index (κ1) is 23.6. The molecule has 8 heteroatoms. The Balaban J connectivity index is 1.54. The Bertz CT molecular complexity index is 729. The Kier molecular flexibility index (Phi) is 5.94. The molecule has 182 valence electrons. The van der Waals surface area contributed by atoms with E-state index in [1.165, 1.54) is 0 Å². The van der Waals surface area contributed by atoms with E-state index in [4.69, 9.17) is 9.47 Å². The third kappa shape index (κ3) is 4.45. The van der Waals surface area contributed by atoms with E-state index in [-0.39, 0.29) is 29.1 Å². The van der Waals surface area contributed by atoms with Crippen LogP contribution in [-0.2, 0) is 9.47 Å². The van der Waals surface area contributed by atoms with Gasteiger partial charge in [0.1, 0.15) is 11.2 Å². The van der Waals surface area contributed by atoms with Crippen LogP contribution in [0.3, 0.4) is 0 Å². The lowest BCUT2D eigenvalue weighted by Crippen LogP contribution is -2.79. The second-order valence-electron chi connectivity index (χ2n) is 12.5. The van der Waals surface area contributed by atoms with Crippen molar-refractivity contribution in [2.24, 2.45) is 16.7 Å². The number of likely N-dealkylation sites (tertiary alicyclic amines) is 2. The molecule has 0 saturated carbocycles. The molecule has 4 saturated heterocycles. The lowest BCUT2D eigenvalue weighted by molar-refractivity contribution is -0.168. The minimum Gasteiger partial charge on any atom is -0.444 e. The van der Waals surface area contributed by atoms with Crippen LogP contribution in [0.25, 0.3) is 0 Å². The summed E-state index contributed by atoms with van der Waals surface area (Å²) in [7, 11) is 0. The Morgan fingerprint density at radius 2 is 1.44 bits per heavy atom. The Hall–Kier alpha value is -1.54. The zero-order valence-corrected chi connectivity index (χ0v) is 20.8. The fourth-order valence-corrected chi connectivity index (χ4v) is 6.31. The smallest absolute Gasteiger partial charge is 0.410 e. The molecule has 4 aliphatic heterocycles. The molecule has 0 aliphatic carbocycles. The van der Waals surface area contributed by atoms with E-state index in [1.54, 1.807) is 0 Å². The summed E-state index contributed by atoms with van der Waals surface area (Å²) in [5.74, 6) is 0.337. The predicted octanol–water partition coefficient (Wildman–Crippen LogP) is 2.82. The molecule has 32 heavy (non-hydrogen) atoms. The quantitative estimate of drug-likeness (QED) is 0.639. The van der Waals surface area contributed by atoms with E-state index in [9.17, 15) is 9.59 Å². The number of rotatable bonds is 1. The maximum atomic E-state index is 13.1. The summed E-state index contributed by atoms with van der Waals surface area (Å²) in [5, 5.41) is 7.15. The number of carbonyl (C=O) groups excluding carboxylic acids is 2. The van der Waals surface area contributed by atoms with Crippen molar-refractivity contribution in [3.8, 4) is 0 Å². The first-order chi connectivity index (χ1) is 14.8. The zero-order chi connectivity index (χ0) is 23.4. The van der Waals surface area contributed by atoms with Crippen molar-refractivity contribution in [1.82, 2.24) is 20.4 Å². The van der Waals surface area contributed by atoms with Gasteiger partial charge >= 0.3 is 12.2 Å². The monoisotopic (exact) mass is 450 g/mol. The standard InChI is InChI=1S/C24H42N4O4/c1-21(2,3)31-19(29)27-14-24(15-27)13-26-11-8-17(24)18-23(9-7-10-25-12-23)16-28(18)20(30)32-22(4,5)6/h17-18,25-26H,7-16H2,1-6H3. The molecular formula is C24H42N4O4. The van der Waals surface area contributed by atoms with Crippen molar-refractivity contribution in [1.29, 1.82) is 0 Å². The molecule has 0 aromatic rings. The normalized spacial score (nSPS) is 32.3. The largest absolute Gasteiger partial charge is 0.444 e. The van der Waals surface area contributed by atoms with Gasteiger partial charge in [0, 0.05) is 49.6 Å². The maximum Gasteiger partial charge on any atom is 0.410 e. The summed E-state index contributed by atoms with van der Waals surface area (Å²) in [6, 6.07) is 0.146. The second-order valence-corrected chi connectivity index (χ2v) is 12.5. The molecule has 2 N–H and O–H groups in total. The van der Waals surface area contributed by atoms with E-state index in [0.29, 0.717) is 19.0 Å². The van der Waals surface area contributed by atoms with Gasteiger partial charge in [-0.3, -0.25) is 0 Å². The van der Waals surface area contributed by atoms with Gasteiger partial charge in [-0.1, -0.05) is 0 Å². The Morgan fingerprint density at radius 1 is 0.844 bits per heavy atom. The van der Waals surface area contributed by atoms with Gasteiger partial charge in [0.25, 0.3) is 0 Å². The van der Waals surface area contributed by atoms with Crippen molar-refractivity contribution in [2.45, 2.75) is 78.0 Å². The number of hydrogen-bond donors (Lipinski definition) is 2. The number of ether oxygens (including phenoxy) is 2. The summed E-state index contributed by atoms with van der Waals surface area (Å²) in [5.41, 5.74) is -0.921. The summed E-state index contributed by atoms with van der Waals surface area (Å²) < 4.78 is 11.4. The van der Waals surface area contributed by atoms with Crippen LogP contribution in [0.5, 0.6) is 0 Å². The van der Waals surface area contributed by atoms with Crippen molar-refractivity contribution in [3.63, 3.8) is 0 Å². The molecule has 2 spiro atoms. The zero-order valence-electron chi connectivity index (χ0n) is 20.8. The van der Waals surface area contributed by atoms with Crippen LogP contribution >= 0.6 is 0 Å². The SMILES string of the molecule is CC(C)(C)OC(=O)N1CC2(CNCCC2C2N(C(=O)OC(C)(C)C)CC23CCCNC3)C1. The number of nitrogens with one attached hydrogen (secondary N) is 2. The van der Waals surface area contributed by atoms with Gasteiger partial charge < -0.3 is 29.9 Å². The fourth-order valence-electron chi connectivity index (χ4n) is 6.31. The van der Waals surface area contributed by atoms with Crippen molar-refractivity contribution < 1.29 is 19.1 Å². The minimum atomic E-state index is -0.509. The maximum absolute atomic E-state index is 13.1. The Labute approximate surface area is 192 Å². The predicted molar refractivity (Wildman–Crippen MR) is 122 cm³/mol. The summed E-state index contributed by atoms with van der Waals surface area (Å²) in [6.45, 7) is 17.4. The number of nitrogens with zero attached hydrogens (tertiary/aromatic N) is 2. The van der Waals surface area contributed by atoms with Gasteiger partial charge in [-0.05, 0) is 79.8 Å². The molecule has 3 atom stereocenters. The van der Waals surface area contributed by atoms with Crippen LogP contribution in [0.4, 0.5) is 9.59 Å². The highest BCUT2D eigenvalue weighted by atomic mass is 16.6. The van der Waals surface area contributed by atoms with E-state index < -0.39 is 11.2 Å².